The molecule has 0 spiro atoms. The minimum Gasteiger partial charge on any atom is -0.246 e. The van der Waals surface area contributed by atoms with Crippen molar-refractivity contribution in [2.45, 2.75) is 13.8 Å². The lowest BCUT2D eigenvalue weighted by atomic mass is 10.0. The highest BCUT2D eigenvalue weighted by molar-refractivity contribution is 6.31. The molecular formula is C33H25Cl2N3. The number of halogens is 2. The lowest BCUT2D eigenvalue weighted by Gasteiger charge is -2.12. The maximum absolute atomic E-state index is 6.27. The van der Waals surface area contributed by atoms with Crippen LogP contribution in [0.25, 0.3) is 0 Å². The topological polar surface area (TPSA) is 37.6 Å². The van der Waals surface area contributed by atoms with Crippen LogP contribution in [0.15, 0.2) is 125 Å². The third-order valence-electron chi connectivity index (χ3n) is 6.09. The van der Waals surface area contributed by atoms with Gasteiger partial charge in [-0.25, -0.2) is 15.0 Å². The van der Waals surface area contributed by atoms with Gasteiger partial charge in [-0.15, -0.1) is 0 Å². The van der Waals surface area contributed by atoms with Crippen LogP contribution in [0, 0.1) is 13.8 Å². The standard InChI is InChI=1S/C33H25Cl2N3/c1-22-20-26(16-18-28(22)34)36-32(24-10-5-3-6-11-24)30-14-9-15-31(38-30)33(25-12-7-4-8-13-25)37-27-17-19-29(35)23(2)21-27/h3-21H,1-2H3/b36-32+,37-33+. The van der Waals surface area contributed by atoms with Gasteiger partial charge in [0.05, 0.1) is 34.2 Å². The Kier molecular flexibility index (Phi) is 7.78. The molecule has 5 aromatic rings. The molecule has 0 unspecified atom stereocenters. The summed E-state index contributed by atoms with van der Waals surface area (Å²) in [5.74, 6) is 0. The summed E-state index contributed by atoms with van der Waals surface area (Å²) in [6.45, 7) is 3.95. The van der Waals surface area contributed by atoms with Crippen molar-refractivity contribution in [1.29, 1.82) is 0 Å². The molecule has 0 fully saturated rings. The number of benzene rings is 4. The molecular weight excluding hydrogens is 509 g/mol. The summed E-state index contributed by atoms with van der Waals surface area (Å²) < 4.78 is 0. The summed E-state index contributed by atoms with van der Waals surface area (Å²) >= 11 is 12.5. The maximum Gasteiger partial charge on any atom is 0.0965 e. The second kappa shape index (κ2) is 11.6. The Morgan fingerprint density at radius 1 is 0.526 bits per heavy atom. The summed E-state index contributed by atoms with van der Waals surface area (Å²) in [5.41, 5.74) is 8.53. The van der Waals surface area contributed by atoms with Gasteiger partial charge in [0.15, 0.2) is 0 Å². The Bertz CT molecular complexity index is 1520. The summed E-state index contributed by atoms with van der Waals surface area (Å²) in [6, 6.07) is 37.6. The van der Waals surface area contributed by atoms with E-state index in [-0.39, 0.29) is 0 Å². The van der Waals surface area contributed by atoms with Crippen molar-refractivity contribution < 1.29 is 0 Å². The van der Waals surface area contributed by atoms with Crippen molar-refractivity contribution in [3.8, 4) is 0 Å². The van der Waals surface area contributed by atoms with Gasteiger partial charge in [0, 0.05) is 21.2 Å². The molecule has 38 heavy (non-hydrogen) atoms. The number of hydrogen-bond acceptors (Lipinski definition) is 3. The van der Waals surface area contributed by atoms with E-state index in [1.54, 1.807) is 0 Å². The van der Waals surface area contributed by atoms with Gasteiger partial charge in [0.25, 0.3) is 0 Å². The van der Waals surface area contributed by atoms with Crippen LogP contribution >= 0.6 is 23.2 Å². The van der Waals surface area contributed by atoms with Crippen LogP contribution in [0.3, 0.4) is 0 Å². The van der Waals surface area contributed by atoms with Gasteiger partial charge in [-0.1, -0.05) is 89.9 Å². The first-order chi connectivity index (χ1) is 18.5. The van der Waals surface area contributed by atoms with Crippen LogP contribution in [-0.2, 0) is 0 Å². The maximum atomic E-state index is 6.27. The third-order valence-corrected chi connectivity index (χ3v) is 6.94. The first kappa shape index (κ1) is 25.6. The van der Waals surface area contributed by atoms with Gasteiger partial charge >= 0.3 is 0 Å². The molecule has 4 aromatic carbocycles. The Morgan fingerprint density at radius 2 is 0.947 bits per heavy atom. The highest BCUT2D eigenvalue weighted by Gasteiger charge is 2.14. The van der Waals surface area contributed by atoms with Crippen molar-refractivity contribution in [2.75, 3.05) is 0 Å². The Morgan fingerprint density at radius 3 is 1.34 bits per heavy atom. The zero-order chi connectivity index (χ0) is 26.5. The smallest absolute Gasteiger partial charge is 0.0965 e. The van der Waals surface area contributed by atoms with Crippen LogP contribution in [0.5, 0.6) is 0 Å². The third kappa shape index (κ3) is 5.91. The van der Waals surface area contributed by atoms with Crippen molar-refractivity contribution in [3.05, 3.63) is 159 Å². The number of nitrogens with zero attached hydrogens (tertiary/aromatic N) is 3. The number of hydrogen-bond donors (Lipinski definition) is 0. The largest absolute Gasteiger partial charge is 0.246 e. The zero-order valence-corrected chi connectivity index (χ0v) is 22.6. The Balaban J connectivity index is 1.67. The first-order valence-electron chi connectivity index (χ1n) is 12.3. The molecule has 0 bridgehead atoms. The minimum absolute atomic E-state index is 0.714. The van der Waals surface area contributed by atoms with Gasteiger partial charge in [0.2, 0.25) is 0 Å². The number of aromatic nitrogens is 1. The highest BCUT2D eigenvalue weighted by Crippen LogP contribution is 2.26. The molecule has 3 nitrogen and oxygen atoms in total. The Labute approximate surface area is 233 Å². The van der Waals surface area contributed by atoms with Crippen LogP contribution in [0.1, 0.15) is 33.6 Å². The van der Waals surface area contributed by atoms with E-state index in [0.29, 0.717) is 10.0 Å². The predicted octanol–water partition coefficient (Wildman–Crippen LogP) is 9.34. The van der Waals surface area contributed by atoms with Crippen molar-refractivity contribution >= 4 is 46.0 Å². The molecule has 0 aliphatic carbocycles. The summed E-state index contributed by atoms with van der Waals surface area (Å²) in [4.78, 5) is 15.1. The second-order valence-electron chi connectivity index (χ2n) is 8.93. The molecule has 0 aliphatic rings. The quantitative estimate of drug-likeness (QED) is 0.200. The Hall–Kier alpha value is -4.05. The minimum atomic E-state index is 0.714. The van der Waals surface area contributed by atoms with Crippen LogP contribution < -0.4 is 0 Å². The fourth-order valence-corrected chi connectivity index (χ4v) is 4.32. The molecule has 5 rings (SSSR count). The fourth-order valence-electron chi connectivity index (χ4n) is 4.08. The fraction of sp³-hybridized carbons (Fsp3) is 0.0606. The molecule has 0 N–H and O–H groups in total. The van der Waals surface area contributed by atoms with Gasteiger partial charge < -0.3 is 0 Å². The molecule has 0 aliphatic heterocycles. The average molecular weight is 534 g/mol. The molecule has 0 atom stereocenters. The average Bonchev–Trinajstić information content (AvgIpc) is 2.95. The molecule has 0 radical (unpaired) electrons. The van der Waals surface area contributed by atoms with Crippen LogP contribution in [0.4, 0.5) is 11.4 Å². The van der Waals surface area contributed by atoms with Gasteiger partial charge in [-0.05, 0) is 73.5 Å². The molecule has 1 aromatic heterocycles. The van der Waals surface area contributed by atoms with E-state index in [1.807, 2.05) is 129 Å². The van der Waals surface area contributed by atoms with E-state index in [1.165, 1.54) is 0 Å². The van der Waals surface area contributed by atoms with Gasteiger partial charge in [-0.3, -0.25) is 0 Å². The normalized spacial score (nSPS) is 12.0. The highest BCUT2D eigenvalue weighted by atomic mass is 35.5. The molecule has 1 heterocycles. The van der Waals surface area contributed by atoms with Crippen molar-refractivity contribution in [2.24, 2.45) is 9.98 Å². The van der Waals surface area contributed by atoms with Gasteiger partial charge in [0.1, 0.15) is 0 Å². The molecule has 0 saturated carbocycles. The zero-order valence-electron chi connectivity index (χ0n) is 21.1. The van der Waals surface area contributed by atoms with E-state index < -0.39 is 0 Å². The second-order valence-corrected chi connectivity index (χ2v) is 9.74. The lowest BCUT2D eigenvalue weighted by Crippen LogP contribution is -2.11. The van der Waals surface area contributed by atoms with E-state index in [4.69, 9.17) is 38.2 Å². The van der Waals surface area contributed by atoms with Crippen molar-refractivity contribution in [1.82, 2.24) is 4.98 Å². The molecule has 186 valence electrons. The summed E-state index contributed by atoms with van der Waals surface area (Å²) in [7, 11) is 0. The van der Waals surface area contributed by atoms with Crippen LogP contribution in [0.2, 0.25) is 10.0 Å². The number of rotatable bonds is 6. The molecule has 0 saturated heterocycles. The molecule has 0 amide bonds. The van der Waals surface area contributed by atoms with Crippen molar-refractivity contribution in [3.63, 3.8) is 0 Å². The van der Waals surface area contributed by atoms with Gasteiger partial charge in [-0.2, -0.15) is 0 Å². The van der Waals surface area contributed by atoms with E-state index in [2.05, 4.69) is 0 Å². The van der Waals surface area contributed by atoms with E-state index >= 15 is 0 Å². The first-order valence-corrected chi connectivity index (χ1v) is 13.0. The summed E-state index contributed by atoms with van der Waals surface area (Å²) in [5, 5.41) is 1.43. The van der Waals surface area contributed by atoms with E-state index in [0.717, 1.165) is 56.4 Å². The lowest BCUT2D eigenvalue weighted by molar-refractivity contribution is 1.24. The number of aliphatic imine (C=N–C) groups is 2. The monoisotopic (exact) mass is 533 g/mol. The predicted molar refractivity (Wildman–Crippen MR) is 160 cm³/mol. The SMILES string of the molecule is Cc1cc(/N=C(\c2ccccc2)c2cccc(/C(=N/c3ccc(Cl)c(C)c3)c3ccccc3)n2)ccc1Cl. The number of aryl methyl sites for hydroxylation is 2. The van der Waals surface area contributed by atoms with E-state index in [9.17, 15) is 0 Å². The molecule has 5 heteroatoms. The number of pyridine rings is 1. The van der Waals surface area contributed by atoms with Crippen LogP contribution in [-0.4, -0.2) is 16.4 Å². The summed E-state index contributed by atoms with van der Waals surface area (Å²) in [6.07, 6.45) is 0.